The fourth-order valence-corrected chi connectivity index (χ4v) is 3.07. The van der Waals surface area contributed by atoms with Crippen LogP contribution in [0.15, 0.2) is 24.3 Å². The van der Waals surface area contributed by atoms with E-state index in [0.29, 0.717) is 12.1 Å². The van der Waals surface area contributed by atoms with Gasteiger partial charge in [0.25, 0.3) is 0 Å². The predicted octanol–water partition coefficient (Wildman–Crippen LogP) is 4.06. The third-order valence-electron chi connectivity index (χ3n) is 4.27. The lowest BCUT2D eigenvalue weighted by Crippen LogP contribution is -2.47. The maximum Gasteiger partial charge on any atom is 0.416 e. The van der Waals surface area contributed by atoms with E-state index in [1.807, 2.05) is 0 Å². The van der Waals surface area contributed by atoms with Crippen molar-refractivity contribution < 1.29 is 13.2 Å². The monoisotopic (exact) mass is 300 g/mol. The Kier molecular flexibility index (Phi) is 5.14. The molecule has 0 bridgehead atoms. The molecule has 0 spiro atoms. The van der Waals surface area contributed by atoms with Gasteiger partial charge in [-0.25, -0.2) is 0 Å². The van der Waals surface area contributed by atoms with Crippen molar-refractivity contribution >= 4 is 5.69 Å². The van der Waals surface area contributed by atoms with Gasteiger partial charge < -0.3 is 10.2 Å². The Morgan fingerprint density at radius 1 is 1.19 bits per heavy atom. The maximum absolute atomic E-state index is 12.6. The molecule has 2 unspecified atom stereocenters. The second-order valence-corrected chi connectivity index (χ2v) is 5.57. The van der Waals surface area contributed by atoms with Gasteiger partial charge in [-0.15, -0.1) is 0 Å². The van der Waals surface area contributed by atoms with Crippen LogP contribution >= 0.6 is 0 Å². The van der Waals surface area contributed by atoms with Crippen LogP contribution in [0.3, 0.4) is 0 Å². The molecule has 1 aromatic carbocycles. The van der Waals surface area contributed by atoms with Crippen LogP contribution in [0.25, 0.3) is 0 Å². The molecular weight excluding hydrogens is 277 g/mol. The van der Waals surface area contributed by atoms with E-state index in [-0.39, 0.29) is 0 Å². The van der Waals surface area contributed by atoms with Crippen molar-refractivity contribution in [2.24, 2.45) is 0 Å². The zero-order valence-electron chi connectivity index (χ0n) is 12.6. The summed E-state index contributed by atoms with van der Waals surface area (Å²) < 4.78 is 37.9. The number of alkyl halides is 3. The van der Waals surface area contributed by atoms with Crippen LogP contribution in [0.4, 0.5) is 18.9 Å². The number of anilines is 1. The highest BCUT2D eigenvalue weighted by Gasteiger charge is 2.31. The minimum atomic E-state index is -4.27. The number of hydrogen-bond acceptors (Lipinski definition) is 2. The van der Waals surface area contributed by atoms with Crippen molar-refractivity contribution in [1.29, 1.82) is 0 Å². The molecule has 1 saturated heterocycles. The van der Waals surface area contributed by atoms with E-state index in [9.17, 15) is 13.2 Å². The second kappa shape index (κ2) is 6.69. The fraction of sp³-hybridized carbons (Fsp3) is 0.625. The largest absolute Gasteiger partial charge is 0.416 e. The quantitative estimate of drug-likeness (QED) is 0.902. The third kappa shape index (κ3) is 3.90. The lowest BCUT2D eigenvalue weighted by molar-refractivity contribution is -0.137. The van der Waals surface area contributed by atoms with Crippen molar-refractivity contribution in [2.45, 2.75) is 51.4 Å². The van der Waals surface area contributed by atoms with Crippen molar-refractivity contribution in [3.05, 3.63) is 29.8 Å². The molecule has 1 fully saturated rings. The van der Waals surface area contributed by atoms with Crippen LogP contribution < -0.4 is 10.2 Å². The first-order valence-corrected chi connectivity index (χ1v) is 7.63. The Morgan fingerprint density at radius 3 is 2.38 bits per heavy atom. The van der Waals surface area contributed by atoms with Gasteiger partial charge in [-0.05, 0) is 57.0 Å². The third-order valence-corrected chi connectivity index (χ3v) is 4.27. The second-order valence-electron chi connectivity index (χ2n) is 5.57. The van der Waals surface area contributed by atoms with Gasteiger partial charge in [0.1, 0.15) is 0 Å². The molecule has 0 saturated carbocycles. The number of hydrogen-bond donors (Lipinski definition) is 1. The molecule has 2 atom stereocenters. The van der Waals surface area contributed by atoms with Gasteiger partial charge in [-0.1, -0.05) is 6.92 Å². The van der Waals surface area contributed by atoms with E-state index >= 15 is 0 Å². The predicted molar refractivity (Wildman–Crippen MR) is 79.6 cm³/mol. The van der Waals surface area contributed by atoms with Gasteiger partial charge in [0.15, 0.2) is 0 Å². The first-order chi connectivity index (χ1) is 9.95. The van der Waals surface area contributed by atoms with Gasteiger partial charge in [-0.2, -0.15) is 13.2 Å². The summed E-state index contributed by atoms with van der Waals surface area (Å²) in [6.07, 6.45) is -1.10. The minimum absolute atomic E-state index is 0.401. The van der Waals surface area contributed by atoms with Crippen LogP contribution in [0.2, 0.25) is 0 Å². The lowest BCUT2D eigenvalue weighted by Gasteiger charge is -2.39. The molecule has 0 amide bonds. The first-order valence-electron chi connectivity index (χ1n) is 7.63. The molecular formula is C16H23F3N2. The molecule has 0 radical (unpaired) electrons. The standard InChI is InChI=1S/C16H23F3N2/c1-3-13-11-15(9-10-20-13)21(4-2)14-7-5-12(6-8-14)16(17,18)19/h5-8,13,15,20H,3-4,9-11H2,1-2H3. The molecule has 1 aromatic rings. The van der Waals surface area contributed by atoms with Gasteiger partial charge in [0.05, 0.1) is 5.56 Å². The molecule has 0 aliphatic carbocycles. The average molecular weight is 300 g/mol. The van der Waals surface area contributed by atoms with E-state index in [0.717, 1.165) is 38.0 Å². The van der Waals surface area contributed by atoms with E-state index in [4.69, 9.17) is 0 Å². The molecule has 2 rings (SSSR count). The summed E-state index contributed by atoms with van der Waals surface area (Å²) in [5.41, 5.74) is 0.298. The van der Waals surface area contributed by atoms with Crippen LogP contribution in [0.5, 0.6) is 0 Å². The molecule has 1 aliphatic rings. The normalized spacial score (nSPS) is 23.1. The van der Waals surface area contributed by atoms with Crippen molar-refractivity contribution in [3.63, 3.8) is 0 Å². The molecule has 1 heterocycles. The smallest absolute Gasteiger partial charge is 0.369 e. The number of rotatable bonds is 4. The Bertz CT molecular complexity index is 442. The Labute approximate surface area is 124 Å². The van der Waals surface area contributed by atoms with E-state index in [1.54, 1.807) is 12.1 Å². The highest BCUT2D eigenvalue weighted by atomic mass is 19.4. The van der Waals surface area contributed by atoms with Crippen LogP contribution in [-0.2, 0) is 6.18 Å². The van der Waals surface area contributed by atoms with Crippen molar-refractivity contribution in [1.82, 2.24) is 5.32 Å². The average Bonchev–Trinajstić information content (AvgIpc) is 2.48. The highest BCUT2D eigenvalue weighted by molar-refractivity contribution is 5.49. The lowest BCUT2D eigenvalue weighted by atomic mass is 9.95. The summed E-state index contributed by atoms with van der Waals surface area (Å²) in [5, 5.41) is 3.48. The summed E-state index contributed by atoms with van der Waals surface area (Å²) in [7, 11) is 0. The summed E-state index contributed by atoms with van der Waals surface area (Å²) >= 11 is 0. The molecule has 5 heteroatoms. The Morgan fingerprint density at radius 2 is 1.86 bits per heavy atom. The summed E-state index contributed by atoms with van der Waals surface area (Å²) in [6, 6.07) is 6.45. The van der Waals surface area contributed by atoms with Crippen LogP contribution in [-0.4, -0.2) is 25.2 Å². The summed E-state index contributed by atoms with van der Waals surface area (Å²) in [6.45, 7) is 6.00. The zero-order valence-corrected chi connectivity index (χ0v) is 12.6. The highest BCUT2D eigenvalue weighted by Crippen LogP contribution is 2.31. The van der Waals surface area contributed by atoms with E-state index < -0.39 is 11.7 Å². The number of nitrogens with one attached hydrogen (secondary N) is 1. The Balaban J connectivity index is 2.13. The van der Waals surface area contributed by atoms with Crippen molar-refractivity contribution in [2.75, 3.05) is 18.0 Å². The summed E-state index contributed by atoms with van der Waals surface area (Å²) in [4.78, 5) is 2.23. The number of benzene rings is 1. The van der Waals surface area contributed by atoms with Gasteiger partial charge in [0, 0.05) is 24.3 Å². The minimum Gasteiger partial charge on any atom is -0.369 e. The Hall–Kier alpha value is -1.23. The number of halogens is 3. The fourth-order valence-electron chi connectivity index (χ4n) is 3.07. The number of nitrogens with zero attached hydrogens (tertiary/aromatic N) is 1. The van der Waals surface area contributed by atoms with E-state index in [2.05, 4.69) is 24.1 Å². The van der Waals surface area contributed by atoms with Gasteiger partial charge in [-0.3, -0.25) is 0 Å². The van der Waals surface area contributed by atoms with Gasteiger partial charge >= 0.3 is 6.18 Å². The van der Waals surface area contributed by atoms with E-state index in [1.165, 1.54) is 12.1 Å². The van der Waals surface area contributed by atoms with Crippen molar-refractivity contribution in [3.8, 4) is 0 Å². The zero-order chi connectivity index (χ0) is 15.5. The molecule has 2 nitrogen and oxygen atoms in total. The maximum atomic E-state index is 12.6. The molecule has 0 aromatic heterocycles. The van der Waals surface area contributed by atoms with Crippen LogP contribution in [0.1, 0.15) is 38.7 Å². The molecule has 21 heavy (non-hydrogen) atoms. The van der Waals surface area contributed by atoms with Crippen LogP contribution in [0, 0.1) is 0 Å². The topological polar surface area (TPSA) is 15.3 Å². The molecule has 118 valence electrons. The SMILES string of the molecule is CCC1CC(N(CC)c2ccc(C(F)(F)F)cc2)CCN1. The first kappa shape index (κ1) is 16.1. The van der Waals surface area contributed by atoms with Gasteiger partial charge in [0.2, 0.25) is 0 Å². The molecule has 1 N–H and O–H groups in total. The molecule has 1 aliphatic heterocycles. The number of piperidine rings is 1. The summed E-state index contributed by atoms with van der Waals surface area (Å²) in [5.74, 6) is 0.